The van der Waals surface area contributed by atoms with Crippen LogP contribution in [-0.4, -0.2) is 57.0 Å². The second kappa shape index (κ2) is 11.8. The Kier molecular flexibility index (Phi) is 8.36. The zero-order chi connectivity index (χ0) is 23.8. The quantitative estimate of drug-likeness (QED) is 0.254. The Morgan fingerprint density at radius 1 is 1.00 bits per heavy atom. The van der Waals surface area contributed by atoms with Crippen molar-refractivity contribution in [1.29, 1.82) is 0 Å². The van der Waals surface area contributed by atoms with Crippen LogP contribution in [0.5, 0.6) is 0 Å². The molecule has 0 aliphatic carbocycles. The van der Waals surface area contributed by atoms with Gasteiger partial charge in [-0.2, -0.15) is 0 Å². The number of piperidine rings is 1. The fourth-order valence-corrected chi connectivity index (χ4v) is 5.01. The predicted octanol–water partition coefficient (Wildman–Crippen LogP) is 4.61. The van der Waals surface area contributed by atoms with Crippen LogP contribution in [-0.2, 0) is 14.3 Å². The molecule has 0 bridgehead atoms. The summed E-state index contributed by atoms with van der Waals surface area (Å²) in [5, 5.41) is 9.73. The highest BCUT2D eigenvalue weighted by molar-refractivity contribution is 7.99. The van der Waals surface area contributed by atoms with Gasteiger partial charge in [0.15, 0.2) is 11.0 Å². The highest BCUT2D eigenvalue weighted by atomic mass is 32.2. The SMILES string of the molecule is CCOC(=O)C1CCN(C(=O)CCCSc2nnc(-c3ccccc3)n2-c2ccccc2)CC1. The maximum absolute atomic E-state index is 12.7. The van der Waals surface area contributed by atoms with Crippen LogP contribution >= 0.6 is 11.8 Å². The second-order valence-electron chi connectivity index (χ2n) is 8.20. The molecular formula is C26H30N4O3S. The number of esters is 1. The fourth-order valence-electron chi connectivity index (χ4n) is 4.12. The Morgan fingerprint density at radius 3 is 2.35 bits per heavy atom. The zero-order valence-electron chi connectivity index (χ0n) is 19.4. The maximum atomic E-state index is 12.7. The lowest BCUT2D eigenvalue weighted by atomic mass is 9.97. The van der Waals surface area contributed by atoms with Gasteiger partial charge in [-0.1, -0.05) is 60.3 Å². The molecule has 4 rings (SSSR count). The van der Waals surface area contributed by atoms with Crippen molar-refractivity contribution in [2.24, 2.45) is 5.92 Å². The summed E-state index contributed by atoms with van der Waals surface area (Å²) in [7, 11) is 0. The Labute approximate surface area is 204 Å². The van der Waals surface area contributed by atoms with Crippen molar-refractivity contribution in [1.82, 2.24) is 19.7 Å². The van der Waals surface area contributed by atoms with Gasteiger partial charge in [0.25, 0.3) is 0 Å². The molecule has 2 aromatic carbocycles. The van der Waals surface area contributed by atoms with E-state index in [1.165, 1.54) is 0 Å². The van der Waals surface area contributed by atoms with E-state index in [1.54, 1.807) is 11.8 Å². The first-order valence-electron chi connectivity index (χ1n) is 11.8. The minimum atomic E-state index is -0.136. The summed E-state index contributed by atoms with van der Waals surface area (Å²) in [5.74, 6) is 1.50. The van der Waals surface area contributed by atoms with Gasteiger partial charge in [-0.25, -0.2) is 0 Å². The molecular weight excluding hydrogens is 448 g/mol. The van der Waals surface area contributed by atoms with Gasteiger partial charge in [-0.05, 0) is 38.3 Å². The largest absolute Gasteiger partial charge is 0.466 e. The molecule has 1 aliphatic heterocycles. The van der Waals surface area contributed by atoms with Crippen molar-refractivity contribution in [3.8, 4) is 17.1 Å². The third-order valence-electron chi connectivity index (χ3n) is 5.91. The monoisotopic (exact) mass is 478 g/mol. The molecule has 0 saturated carbocycles. The molecule has 8 heteroatoms. The maximum Gasteiger partial charge on any atom is 0.309 e. The summed E-state index contributed by atoms with van der Waals surface area (Å²) in [6.07, 6.45) is 2.61. The van der Waals surface area contributed by atoms with E-state index in [-0.39, 0.29) is 17.8 Å². The van der Waals surface area contributed by atoms with E-state index in [2.05, 4.69) is 14.8 Å². The first-order valence-corrected chi connectivity index (χ1v) is 12.8. The number of ether oxygens (including phenoxy) is 1. The first-order chi connectivity index (χ1) is 16.7. The van der Waals surface area contributed by atoms with Crippen LogP contribution in [0.4, 0.5) is 0 Å². The Bertz CT molecular complexity index is 1080. The van der Waals surface area contributed by atoms with E-state index in [0.29, 0.717) is 39.0 Å². The number of rotatable bonds is 9. The number of hydrogen-bond donors (Lipinski definition) is 0. The minimum Gasteiger partial charge on any atom is -0.466 e. The number of thioether (sulfide) groups is 1. The van der Waals surface area contributed by atoms with Crippen LogP contribution in [0.15, 0.2) is 65.8 Å². The summed E-state index contributed by atoms with van der Waals surface area (Å²) >= 11 is 1.61. The Hall–Kier alpha value is -3.13. The number of para-hydroxylation sites is 1. The smallest absolute Gasteiger partial charge is 0.309 e. The van der Waals surface area contributed by atoms with Gasteiger partial charge in [0, 0.05) is 36.5 Å². The number of carbonyl (C=O) groups is 2. The molecule has 1 amide bonds. The van der Waals surface area contributed by atoms with Crippen molar-refractivity contribution >= 4 is 23.6 Å². The lowest BCUT2D eigenvalue weighted by molar-refractivity contribution is -0.151. The molecule has 178 valence electrons. The van der Waals surface area contributed by atoms with E-state index < -0.39 is 0 Å². The van der Waals surface area contributed by atoms with Gasteiger partial charge >= 0.3 is 5.97 Å². The standard InChI is InChI=1S/C26H30N4O3S/c1-2-33-25(32)21-15-17-29(18-16-21)23(31)14-9-19-34-26-28-27-24(20-10-5-3-6-11-20)30(26)22-12-7-4-8-13-22/h3-8,10-13,21H,2,9,14-19H2,1H3. The topological polar surface area (TPSA) is 77.3 Å². The molecule has 0 radical (unpaired) electrons. The summed E-state index contributed by atoms with van der Waals surface area (Å²) in [6, 6.07) is 20.1. The van der Waals surface area contributed by atoms with Gasteiger partial charge in [0.05, 0.1) is 12.5 Å². The number of benzene rings is 2. The third kappa shape index (κ3) is 5.86. The van der Waals surface area contributed by atoms with Crippen LogP contribution < -0.4 is 0 Å². The molecule has 1 aromatic heterocycles. The number of nitrogens with zero attached hydrogens (tertiary/aromatic N) is 4. The van der Waals surface area contributed by atoms with E-state index in [0.717, 1.165) is 34.4 Å². The normalized spacial score (nSPS) is 14.2. The van der Waals surface area contributed by atoms with Gasteiger partial charge < -0.3 is 9.64 Å². The van der Waals surface area contributed by atoms with Crippen LogP contribution in [0.3, 0.4) is 0 Å². The van der Waals surface area contributed by atoms with Crippen LogP contribution in [0.1, 0.15) is 32.6 Å². The molecule has 0 spiro atoms. The lowest BCUT2D eigenvalue weighted by Gasteiger charge is -2.31. The zero-order valence-corrected chi connectivity index (χ0v) is 20.2. The van der Waals surface area contributed by atoms with Crippen molar-refractivity contribution < 1.29 is 14.3 Å². The van der Waals surface area contributed by atoms with E-state index in [1.807, 2.05) is 72.5 Å². The highest BCUT2D eigenvalue weighted by Crippen LogP contribution is 2.28. The molecule has 2 heterocycles. The molecule has 0 atom stereocenters. The average Bonchev–Trinajstić information content (AvgIpc) is 3.31. The molecule has 1 aliphatic rings. The van der Waals surface area contributed by atoms with Crippen LogP contribution in [0, 0.1) is 5.92 Å². The summed E-state index contributed by atoms with van der Waals surface area (Å²) in [6.45, 7) is 3.47. The molecule has 7 nitrogen and oxygen atoms in total. The van der Waals surface area contributed by atoms with E-state index in [4.69, 9.17) is 4.74 Å². The summed E-state index contributed by atoms with van der Waals surface area (Å²) in [4.78, 5) is 26.4. The lowest BCUT2D eigenvalue weighted by Crippen LogP contribution is -2.40. The number of aromatic nitrogens is 3. The Balaban J connectivity index is 1.33. The van der Waals surface area contributed by atoms with Gasteiger partial charge in [0.2, 0.25) is 5.91 Å². The molecule has 1 fully saturated rings. The number of likely N-dealkylation sites (tertiary alicyclic amines) is 1. The Morgan fingerprint density at radius 2 is 1.68 bits per heavy atom. The van der Waals surface area contributed by atoms with Crippen molar-refractivity contribution in [2.75, 3.05) is 25.4 Å². The summed E-state index contributed by atoms with van der Waals surface area (Å²) < 4.78 is 7.18. The molecule has 3 aromatic rings. The number of hydrogen-bond acceptors (Lipinski definition) is 6. The average molecular weight is 479 g/mol. The first kappa shape index (κ1) is 24.0. The highest BCUT2D eigenvalue weighted by Gasteiger charge is 2.28. The van der Waals surface area contributed by atoms with Crippen molar-refractivity contribution in [2.45, 2.75) is 37.8 Å². The van der Waals surface area contributed by atoms with Crippen LogP contribution in [0.2, 0.25) is 0 Å². The summed E-state index contributed by atoms with van der Waals surface area (Å²) in [5.41, 5.74) is 2.02. The molecule has 1 saturated heterocycles. The fraction of sp³-hybridized carbons (Fsp3) is 0.385. The predicted molar refractivity (Wildman–Crippen MR) is 133 cm³/mol. The van der Waals surface area contributed by atoms with Gasteiger partial charge in [0.1, 0.15) is 0 Å². The van der Waals surface area contributed by atoms with E-state index in [9.17, 15) is 9.59 Å². The molecule has 0 unspecified atom stereocenters. The van der Waals surface area contributed by atoms with Crippen molar-refractivity contribution in [3.63, 3.8) is 0 Å². The van der Waals surface area contributed by atoms with Crippen LogP contribution in [0.25, 0.3) is 17.1 Å². The third-order valence-corrected chi connectivity index (χ3v) is 6.93. The number of amides is 1. The molecule has 0 N–H and O–H groups in total. The van der Waals surface area contributed by atoms with E-state index >= 15 is 0 Å². The van der Waals surface area contributed by atoms with Crippen molar-refractivity contribution in [3.05, 3.63) is 60.7 Å². The van der Waals surface area contributed by atoms with Gasteiger partial charge in [-0.3, -0.25) is 14.2 Å². The second-order valence-corrected chi connectivity index (χ2v) is 9.26. The number of carbonyl (C=O) groups excluding carboxylic acids is 2. The van der Waals surface area contributed by atoms with Gasteiger partial charge in [-0.15, -0.1) is 10.2 Å². The minimum absolute atomic E-state index is 0.0808. The molecule has 34 heavy (non-hydrogen) atoms.